The number of carbonyl (C=O) groups excluding carboxylic acids is 1. The van der Waals surface area contributed by atoms with Gasteiger partial charge < -0.3 is 14.8 Å². The molecule has 0 aliphatic carbocycles. The minimum Gasteiger partial charge on any atom is -0.486 e. The van der Waals surface area contributed by atoms with E-state index in [9.17, 15) is 4.79 Å². The molecule has 4 heteroatoms. The van der Waals surface area contributed by atoms with Gasteiger partial charge >= 0.3 is 0 Å². The maximum atomic E-state index is 11.2. The molecule has 17 heavy (non-hydrogen) atoms. The zero-order chi connectivity index (χ0) is 12.1. The standard InChI is InChI=1S/C13H15NO3/c1-2-5-13(15)14-8-10-9-16-11-6-3-4-7-12(11)17-10/h2-7,10H,8-9H2,1H3,(H,14,15). The van der Waals surface area contributed by atoms with Gasteiger partial charge in [0.2, 0.25) is 5.91 Å². The third kappa shape index (κ3) is 3.00. The molecular formula is C13H15NO3. The van der Waals surface area contributed by atoms with E-state index in [4.69, 9.17) is 9.47 Å². The summed E-state index contributed by atoms with van der Waals surface area (Å²) in [5.41, 5.74) is 0. The number of nitrogens with one attached hydrogen (secondary N) is 1. The van der Waals surface area contributed by atoms with Gasteiger partial charge in [-0.2, -0.15) is 0 Å². The monoisotopic (exact) mass is 233 g/mol. The summed E-state index contributed by atoms with van der Waals surface area (Å²) >= 11 is 0. The molecule has 0 aromatic heterocycles. The Labute approximate surface area is 100 Å². The van der Waals surface area contributed by atoms with Gasteiger partial charge in [0, 0.05) is 0 Å². The molecule has 1 aromatic carbocycles. The number of rotatable bonds is 3. The van der Waals surface area contributed by atoms with Crippen LogP contribution in [0.5, 0.6) is 11.5 Å². The van der Waals surface area contributed by atoms with Crippen molar-refractivity contribution in [1.29, 1.82) is 0 Å². The smallest absolute Gasteiger partial charge is 0.243 e. The van der Waals surface area contributed by atoms with Crippen molar-refractivity contribution < 1.29 is 14.3 Å². The van der Waals surface area contributed by atoms with Crippen LogP contribution in [0.2, 0.25) is 0 Å². The van der Waals surface area contributed by atoms with E-state index >= 15 is 0 Å². The van der Waals surface area contributed by atoms with E-state index in [2.05, 4.69) is 5.32 Å². The lowest BCUT2D eigenvalue weighted by molar-refractivity contribution is -0.117. The molecule has 0 fully saturated rings. The second-order valence-corrected chi connectivity index (χ2v) is 3.74. The summed E-state index contributed by atoms with van der Waals surface area (Å²) in [6.45, 7) is 2.70. The molecule has 1 amide bonds. The van der Waals surface area contributed by atoms with Crippen LogP contribution in [0.15, 0.2) is 36.4 Å². The van der Waals surface area contributed by atoms with E-state index in [1.54, 1.807) is 13.0 Å². The molecule has 1 heterocycles. The van der Waals surface area contributed by atoms with Gasteiger partial charge in [-0.15, -0.1) is 0 Å². The van der Waals surface area contributed by atoms with Crippen molar-refractivity contribution in [3.05, 3.63) is 36.4 Å². The average Bonchev–Trinajstić information content (AvgIpc) is 2.36. The van der Waals surface area contributed by atoms with E-state index in [1.807, 2.05) is 24.3 Å². The first-order valence-electron chi connectivity index (χ1n) is 5.58. The molecule has 1 aliphatic heterocycles. The van der Waals surface area contributed by atoms with Crippen molar-refractivity contribution >= 4 is 5.91 Å². The molecule has 4 nitrogen and oxygen atoms in total. The van der Waals surface area contributed by atoms with Crippen LogP contribution < -0.4 is 14.8 Å². The predicted molar refractivity (Wildman–Crippen MR) is 64.2 cm³/mol. The minimum absolute atomic E-state index is 0.116. The van der Waals surface area contributed by atoms with Gasteiger partial charge in [0.15, 0.2) is 11.5 Å². The van der Waals surface area contributed by atoms with Crippen molar-refractivity contribution in [3.8, 4) is 11.5 Å². The highest BCUT2D eigenvalue weighted by molar-refractivity contribution is 5.87. The number of benzene rings is 1. The topological polar surface area (TPSA) is 47.6 Å². The number of fused-ring (bicyclic) bond motifs is 1. The van der Waals surface area contributed by atoms with Gasteiger partial charge in [0.05, 0.1) is 6.54 Å². The van der Waals surface area contributed by atoms with Gasteiger partial charge in [-0.25, -0.2) is 0 Å². The zero-order valence-electron chi connectivity index (χ0n) is 9.68. The summed E-state index contributed by atoms with van der Waals surface area (Å²) < 4.78 is 11.2. The van der Waals surface area contributed by atoms with Crippen LogP contribution >= 0.6 is 0 Å². The first kappa shape index (κ1) is 11.5. The summed E-state index contributed by atoms with van der Waals surface area (Å²) in [5.74, 6) is 1.36. The van der Waals surface area contributed by atoms with Gasteiger partial charge in [-0.05, 0) is 25.1 Å². The normalized spacial score (nSPS) is 18.1. The SMILES string of the molecule is CC=CC(=O)NCC1COc2ccccc2O1. The van der Waals surface area contributed by atoms with Crippen molar-refractivity contribution in [1.82, 2.24) is 5.32 Å². The first-order chi connectivity index (χ1) is 8.29. The molecular weight excluding hydrogens is 218 g/mol. The van der Waals surface area contributed by atoms with Crippen LogP contribution in [0.1, 0.15) is 6.92 Å². The van der Waals surface area contributed by atoms with E-state index in [-0.39, 0.29) is 12.0 Å². The second-order valence-electron chi connectivity index (χ2n) is 3.74. The Hall–Kier alpha value is -1.97. The lowest BCUT2D eigenvalue weighted by Crippen LogP contribution is -2.40. The number of hydrogen-bond acceptors (Lipinski definition) is 3. The maximum absolute atomic E-state index is 11.2. The fourth-order valence-electron chi connectivity index (χ4n) is 1.59. The molecule has 0 saturated heterocycles. The number of amides is 1. The second kappa shape index (κ2) is 5.39. The fourth-order valence-corrected chi connectivity index (χ4v) is 1.59. The van der Waals surface area contributed by atoms with Crippen LogP contribution in [-0.2, 0) is 4.79 Å². The Balaban J connectivity index is 1.88. The molecule has 0 bridgehead atoms. The minimum atomic E-state index is -0.140. The molecule has 1 N–H and O–H groups in total. The zero-order valence-corrected chi connectivity index (χ0v) is 9.68. The Kier molecular flexibility index (Phi) is 3.65. The Morgan fingerprint density at radius 3 is 3.00 bits per heavy atom. The van der Waals surface area contributed by atoms with E-state index in [0.29, 0.717) is 13.2 Å². The molecule has 90 valence electrons. The number of ether oxygens (including phenoxy) is 2. The van der Waals surface area contributed by atoms with Crippen molar-refractivity contribution in [2.45, 2.75) is 13.0 Å². The molecule has 1 unspecified atom stereocenters. The van der Waals surface area contributed by atoms with Crippen LogP contribution in [0.4, 0.5) is 0 Å². The fraction of sp³-hybridized carbons (Fsp3) is 0.308. The van der Waals surface area contributed by atoms with Crippen LogP contribution in [0, 0.1) is 0 Å². The summed E-state index contributed by atoms with van der Waals surface area (Å²) in [7, 11) is 0. The summed E-state index contributed by atoms with van der Waals surface area (Å²) in [5, 5.41) is 2.75. The molecule has 2 rings (SSSR count). The lowest BCUT2D eigenvalue weighted by Gasteiger charge is -2.26. The van der Waals surface area contributed by atoms with Gasteiger partial charge in [-0.3, -0.25) is 4.79 Å². The van der Waals surface area contributed by atoms with E-state index in [0.717, 1.165) is 11.5 Å². The largest absolute Gasteiger partial charge is 0.486 e. The third-order valence-corrected chi connectivity index (χ3v) is 2.39. The van der Waals surface area contributed by atoms with Crippen LogP contribution in [-0.4, -0.2) is 25.2 Å². The van der Waals surface area contributed by atoms with Crippen molar-refractivity contribution in [3.63, 3.8) is 0 Å². The molecule has 0 radical (unpaired) electrons. The summed E-state index contributed by atoms with van der Waals surface area (Å²) in [6, 6.07) is 7.51. The third-order valence-electron chi connectivity index (χ3n) is 2.39. The number of allylic oxidation sites excluding steroid dienone is 1. The molecule has 1 aliphatic rings. The number of hydrogen-bond donors (Lipinski definition) is 1. The van der Waals surface area contributed by atoms with Gasteiger partial charge in [-0.1, -0.05) is 18.2 Å². The van der Waals surface area contributed by atoms with Gasteiger partial charge in [0.25, 0.3) is 0 Å². The Morgan fingerprint density at radius 2 is 2.24 bits per heavy atom. The molecule has 1 atom stereocenters. The van der Waals surface area contributed by atoms with Gasteiger partial charge in [0.1, 0.15) is 12.7 Å². The highest BCUT2D eigenvalue weighted by Crippen LogP contribution is 2.30. The first-order valence-corrected chi connectivity index (χ1v) is 5.58. The molecule has 0 spiro atoms. The van der Waals surface area contributed by atoms with Crippen LogP contribution in [0.25, 0.3) is 0 Å². The van der Waals surface area contributed by atoms with Crippen molar-refractivity contribution in [2.24, 2.45) is 0 Å². The highest BCUT2D eigenvalue weighted by atomic mass is 16.6. The molecule has 0 saturated carbocycles. The van der Waals surface area contributed by atoms with E-state index in [1.165, 1.54) is 6.08 Å². The Morgan fingerprint density at radius 1 is 1.47 bits per heavy atom. The van der Waals surface area contributed by atoms with Crippen molar-refractivity contribution in [2.75, 3.05) is 13.2 Å². The van der Waals surface area contributed by atoms with E-state index < -0.39 is 0 Å². The highest BCUT2D eigenvalue weighted by Gasteiger charge is 2.20. The quantitative estimate of drug-likeness (QED) is 0.805. The summed E-state index contributed by atoms with van der Waals surface area (Å²) in [4.78, 5) is 11.2. The summed E-state index contributed by atoms with van der Waals surface area (Å²) in [6.07, 6.45) is 3.04. The number of para-hydroxylation sites is 2. The molecule has 1 aromatic rings. The van der Waals surface area contributed by atoms with Crippen LogP contribution in [0.3, 0.4) is 0 Å². The lowest BCUT2D eigenvalue weighted by atomic mass is 10.2. The Bertz CT molecular complexity index is 428. The number of carbonyl (C=O) groups is 1. The predicted octanol–water partition coefficient (Wildman–Crippen LogP) is 1.52. The average molecular weight is 233 g/mol. The maximum Gasteiger partial charge on any atom is 0.243 e.